The molecule has 1 aromatic heterocycles. The van der Waals surface area contributed by atoms with Crippen LogP contribution in [0.15, 0.2) is 24.5 Å². The normalized spacial score (nSPS) is 24.1. The highest BCUT2D eigenvalue weighted by Gasteiger charge is 2.39. The van der Waals surface area contributed by atoms with Gasteiger partial charge in [0.15, 0.2) is 17.3 Å². The van der Waals surface area contributed by atoms with Crippen LogP contribution >= 0.6 is 0 Å². The van der Waals surface area contributed by atoms with Crippen molar-refractivity contribution in [1.29, 1.82) is 0 Å². The first-order valence-electron chi connectivity index (χ1n) is 6.11. The van der Waals surface area contributed by atoms with Gasteiger partial charge in [-0.2, -0.15) is 0 Å². The van der Waals surface area contributed by atoms with Crippen molar-refractivity contribution in [3.8, 4) is 0 Å². The van der Waals surface area contributed by atoms with E-state index in [1.165, 1.54) is 0 Å². The van der Waals surface area contributed by atoms with E-state index < -0.39 is 5.92 Å². The highest BCUT2D eigenvalue weighted by Crippen LogP contribution is 2.31. The molecule has 18 heavy (non-hydrogen) atoms. The second-order valence-corrected chi connectivity index (χ2v) is 4.58. The third kappa shape index (κ3) is 2.37. The van der Waals surface area contributed by atoms with Gasteiger partial charge in [0.25, 0.3) is 0 Å². The van der Waals surface area contributed by atoms with Crippen LogP contribution in [-0.2, 0) is 14.4 Å². The number of nitrogens with zero attached hydrogens (tertiary/aromatic N) is 1. The van der Waals surface area contributed by atoms with Gasteiger partial charge in [-0.25, -0.2) is 0 Å². The Labute approximate surface area is 105 Å². The summed E-state index contributed by atoms with van der Waals surface area (Å²) in [5.74, 6) is -1.88. The molecule has 0 bridgehead atoms. The Morgan fingerprint density at radius 1 is 1.33 bits per heavy atom. The molecule has 1 saturated carbocycles. The summed E-state index contributed by atoms with van der Waals surface area (Å²) in [6, 6.07) is 3.65. The molecule has 0 radical (unpaired) electrons. The van der Waals surface area contributed by atoms with Gasteiger partial charge in [0.2, 0.25) is 0 Å². The van der Waals surface area contributed by atoms with Crippen molar-refractivity contribution >= 4 is 17.3 Å². The van der Waals surface area contributed by atoms with E-state index in [-0.39, 0.29) is 42.5 Å². The standard InChI is InChI=1S/C14H15NO3/c1-2-11(16)14-12(17)6-10(7-13(14)18)9-4-3-5-15-8-9/h3-5,8,10,14H,2,6-7H2,1H3. The highest BCUT2D eigenvalue weighted by atomic mass is 16.2. The maximum Gasteiger partial charge on any atom is 0.151 e. The van der Waals surface area contributed by atoms with Crippen LogP contribution < -0.4 is 0 Å². The number of carbonyl (C=O) groups is 3. The molecule has 0 atom stereocenters. The minimum absolute atomic E-state index is 0.125. The van der Waals surface area contributed by atoms with Gasteiger partial charge < -0.3 is 0 Å². The van der Waals surface area contributed by atoms with E-state index in [9.17, 15) is 14.4 Å². The number of Topliss-reactive ketones (excluding diaryl/α,β-unsaturated/α-hetero) is 3. The van der Waals surface area contributed by atoms with E-state index in [2.05, 4.69) is 4.98 Å². The number of hydrogen-bond acceptors (Lipinski definition) is 4. The van der Waals surface area contributed by atoms with Crippen LogP contribution in [0.25, 0.3) is 0 Å². The van der Waals surface area contributed by atoms with Crippen LogP contribution in [0.1, 0.15) is 37.7 Å². The predicted octanol–water partition coefficient (Wildman–Crippen LogP) is 1.69. The minimum atomic E-state index is -1.01. The molecule has 1 aliphatic rings. The fourth-order valence-electron chi connectivity index (χ4n) is 2.39. The molecule has 4 nitrogen and oxygen atoms in total. The van der Waals surface area contributed by atoms with E-state index in [1.807, 2.05) is 6.07 Å². The summed E-state index contributed by atoms with van der Waals surface area (Å²) in [6.07, 6.45) is 4.08. The van der Waals surface area contributed by atoms with Crippen molar-refractivity contribution in [1.82, 2.24) is 4.98 Å². The Morgan fingerprint density at radius 2 is 2.00 bits per heavy atom. The van der Waals surface area contributed by atoms with E-state index in [4.69, 9.17) is 0 Å². The molecule has 1 fully saturated rings. The molecule has 2 rings (SSSR count). The molecule has 0 unspecified atom stereocenters. The van der Waals surface area contributed by atoms with Crippen LogP contribution in [0, 0.1) is 5.92 Å². The summed E-state index contributed by atoms with van der Waals surface area (Å²) in [6.45, 7) is 1.68. The van der Waals surface area contributed by atoms with Crippen LogP contribution in [0.2, 0.25) is 0 Å². The second kappa shape index (κ2) is 5.21. The highest BCUT2D eigenvalue weighted by molar-refractivity contribution is 6.20. The van der Waals surface area contributed by atoms with Gasteiger partial charge in [0.1, 0.15) is 5.92 Å². The predicted molar refractivity (Wildman–Crippen MR) is 65.0 cm³/mol. The van der Waals surface area contributed by atoms with Gasteiger partial charge in [-0.15, -0.1) is 0 Å². The topological polar surface area (TPSA) is 64.1 Å². The van der Waals surface area contributed by atoms with Crippen molar-refractivity contribution in [2.75, 3.05) is 0 Å². The fraction of sp³-hybridized carbons (Fsp3) is 0.429. The quantitative estimate of drug-likeness (QED) is 0.760. The van der Waals surface area contributed by atoms with Crippen LogP contribution in [-0.4, -0.2) is 22.3 Å². The molecular formula is C14H15NO3. The monoisotopic (exact) mass is 245 g/mol. The Bertz CT molecular complexity index is 463. The van der Waals surface area contributed by atoms with Crippen molar-refractivity contribution in [2.24, 2.45) is 5.92 Å². The smallest absolute Gasteiger partial charge is 0.151 e. The maximum absolute atomic E-state index is 11.9. The zero-order chi connectivity index (χ0) is 13.1. The van der Waals surface area contributed by atoms with E-state index >= 15 is 0 Å². The third-order valence-corrected chi connectivity index (χ3v) is 3.37. The van der Waals surface area contributed by atoms with Crippen LogP contribution in [0.5, 0.6) is 0 Å². The molecule has 1 heterocycles. The Morgan fingerprint density at radius 3 is 2.50 bits per heavy atom. The van der Waals surface area contributed by atoms with Gasteiger partial charge in [0, 0.05) is 31.7 Å². The summed E-state index contributed by atoms with van der Waals surface area (Å²) in [5, 5.41) is 0. The number of ketones is 3. The summed E-state index contributed by atoms with van der Waals surface area (Å²) >= 11 is 0. The first kappa shape index (κ1) is 12.6. The lowest BCUT2D eigenvalue weighted by Crippen LogP contribution is -2.37. The zero-order valence-electron chi connectivity index (χ0n) is 10.3. The lowest BCUT2D eigenvalue weighted by molar-refractivity contribution is -0.142. The molecule has 1 aliphatic carbocycles. The summed E-state index contributed by atoms with van der Waals surface area (Å²) in [4.78, 5) is 39.4. The summed E-state index contributed by atoms with van der Waals surface area (Å²) in [5.41, 5.74) is 0.890. The molecule has 0 aromatic carbocycles. The average Bonchev–Trinajstić information content (AvgIpc) is 2.38. The molecule has 1 aromatic rings. The Kier molecular flexibility index (Phi) is 3.65. The van der Waals surface area contributed by atoms with Gasteiger partial charge >= 0.3 is 0 Å². The van der Waals surface area contributed by atoms with Gasteiger partial charge in [-0.3, -0.25) is 19.4 Å². The molecule has 0 spiro atoms. The zero-order valence-corrected chi connectivity index (χ0v) is 10.3. The third-order valence-electron chi connectivity index (χ3n) is 3.37. The van der Waals surface area contributed by atoms with Crippen molar-refractivity contribution < 1.29 is 14.4 Å². The Hall–Kier alpha value is -1.84. The molecule has 0 amide bonds. The molecule has 0 N–H and O–H groups in total. The SMILES string of the molecule is CCC(=O)C1C(=O)CC(c2cccnc2)CC1=O. The lowest BCUT2D eigenvalue weighted by atomic mass is 9.75. The first-order valence-corrected chi connectivity index (χ1v) is 6.11. The van der Waals surface area contributed by atoms with Crippen molar-refractivity contribution in [3.63, 3.8) is 0 Å². The number of rotatable bonds is 3. The van der Waals surface area contributed by atoms with Crippen molar-refractivity contribution in [3.05, 3.63) is 30.1 Å². The maximum atomic E-state index is 11.9. The Balaban J connectivity index is 2.17. The number of pyridine rings is 1. The first-order chi connectivity index (χ1) is 8.63. The minimum Gasteiger partial charge on any atom is -0.298 e. The molecule has 0 aliphatic heterocycles. The largest absolute Gasteiger partial charge is 0.298 e. The second-order valence-electron chi connectivity index (χ2n) is 4.58. The van der Waals surface area contributed by atoms with E-state index in [1.54, 1.807) is 25.4 Å². The summed E-state index contributed by atoms with van der Waals surface area (Å²) < 4.78 is 0. The fourth-order valence-corrected chi connectivity index (χ4v) is 2.39. The molecular weight excluding hydrogens is 230 g/mol. The van der Waals surface area contributed by atoms with E-state index in [0.717, 1.165) is 5.56 Å². The van der Waals surface area contributed by atoms with Crippen LogP contribution in [0.4, 0.5) is 0 Å². The average molecular weight is 245 g/mol. The van der Waals surface area contributed by atoms with Crippen LogP contribution in [0.3, 0.4) is 0 Å². The summed E-state index contributed by atoms with van der Waals surface area (Å²) in [7, 11) is 0. The van der Waals surface area contributed by atoms with Crippen molar-refractivity contribution in [2.45, 2.75) is 32.1 Å². The molecule has 4 heteroatoms. The molecule has 0 saturated heterocycles. The number of carbonyl (C=O) groups excluding carboxylic acids is 3. The van der Waals surface area contributed by atoms with Gasteiger partial charge in [-0.05, 0) is 17.5 Å². The van der Waals surface area contributed by atoms with Gasteiger partial charge in [0.05, 0.1) is 0 Å². The van der Waals surface area contributed by atoms with Gasteiger partial charge in [-0.1, -0.05) is 13.0 Å². The molecule has 94 valence electrons. The van der Waals surface area contributed by atoms with E-state index in [0.29, 0.717) is 0 Å². The lowest BCUT2D eigenvalue weighted by Gasteiger charge is -2.25. The number of aromatic nitrogens is 1. The number of hydrogen-bond donors (Lipinski definition) is 0.